The zero-order valence-electron chi connectivity index (χ0n) is 13.7. The van der Waals surface area contributed by atoms with Crippen molar-refractivity contribution in [2.75, 3.05) is 19.6 Å². The van der Waals surface area contributed by atoms with E-state index in [1.807, 2.05) is 18.2 Å². The van der Waals surface area contributed by atoms with Crippen LogP contribution in [0.4, 0.5) is 0 Å². The number of amides is 1. The van der Waals surface area contributed by atoms with Crippen LogP contribution in [0.5, 0.6) is 0 Å². The zero-order chi connectivity index (χ0) is 17.1. The number of aromatic nitrogens is 1. The number of carbonyl (C=O) groups excluding carboxylic acids is 1. The first-order valence-electron chi connectivity index (χ1n) is 8.36. The fourth-order valence-corrected chi connectivity index (χ4v) is 3.88. The Hall–Kier alpha value is -2.38. The van der Waals surface area contributed by atoms with E-state index in [4.69, 9.17) is 8.83 Å². The molecule has 1 aliphatic heterocycles. The minimum absolute atomic E-state index is 0.0598. The van der Waals surface area contributed by atoms with E-state index < -0.39 is 0 Å². The third-order valence-electron chi connectivity index (χ3n) is 4.38. The van der Waals surface area contributed by atoms with Crippen LogP contribution in [0.25, 0.3) is 10.8 Å². The van der Waals surface area contributed by atoms with Crippen LogP contribution in [0, 0.1) is 0 Å². The van der Waals surface area contributed by atoms with Crippen LogP contribution in [0.2, 0.25) is 0 Å². The van der Waals surface area contributed by atoms with E-state index in [1.165, 1.54) is 24.2 Å². The van der Waals surface area contributed by atoms with Gasteiger partial charge < -0.3 is 14.2 Å². The number of nitrogens with zero attached hydrogens (tertiary/aromatic N) is 2. The van der Waals surface area contributed by atoms with E-state index in [9.17, 15) is 4.79 Å². The van der Waals surface area contributed by atoms with Gasteiger partial charge >= 0.3 is 0 Å². The number of hydrogen-bond acceptors (Lipinski definition) is 6. The minimum Gasteiger partial charge on any atom is -0.468 e. The third kappa shape index (κ3) is 3.52. The lowest BCUT2D eigenvalue weighted by molar-refractivity contribution is 0.0929. The van der Waals surface area contributed by atoms with E-state index in [0.717, 1.165) is 18.8 Å². The van der Waals surface area contributed by atoms with E-state index in [2.05, 4.69) is 15.2 Å². The maximum absolute atomic E-state index is 12.5. The van der Waals surface area contributed by atoms with Crippen molar-refractivity contribution >= 4 is 17.2 Å². The van der Waals surface area contributed by atoms with Gasteiger partial charge in [0.2, 0.25) is 0 Å². The van der Waals surface area contributed by atoms with Gasteiger partial charge in [0.15, 0.2) is 10.8 Å². The molecule has 1 N–H and O–H groups in total. The van der Waals surface area contributed by atoms with E-state index >= 15 is 0 Å². The Morgan fingerprint density at radius 3 is 2.76 bits per heavy atom. The van der Waals surface area contributed by atoms with Crippen molar-refractivity contribution in [2.45, 2.75) is 18.9 Å². The van der Waals surface area contributed by atoms with Crippen molar-refractivity contribution in [3.63, 3.8) is 0 Å². The van der Waals surface area contributed by atoms with Crippen LogP contribution in [0.3, 0.4) is 0 Å². The molecular weight excluding hydrogens is 338 g/mol. The van der Waals surface area contributed by atoms with E-state index in [0.29, 0.717) is 23.0 Å². The molecule has 0 radical (unpaired) electrons. The second-order valence-electron chi connectivity index (χ2n) is 6.00. The second-order valence-corrected chi connectivity index (χ2v) is 6.86. The molecule has 1 atom stereocenters. The number of rotatable bonds is 6. The summed E-state index contributed by atoms with van der Waals surface area (Å²) >= 11 is 1.40. The highest BCUT2D eigenvalue weighted by Gasteiger charge is 2.26. The normalized spacial score (nSPS) is 16.2. The van der Waals surface area contributed by atoms with Crippen LogP contribution in [-0.2, 0) is 0 Å². The smallest absolute Gasteiger partial charge is 0.270 e. The van der Waals surface area contributed by atoms with Gasteiger partial charge in [0.05, 0.1) is 18.6 Å². The SMILES string of the molecule is O=C(NC[C@@H](c1ccco1)N1CCCC1)c1csc(-c2ccco2)n1. The molecule has 0 unspecified atom stereocenters. The highest BCUT2D eigenvalue weighted by Crippen LogP contribution is 2.26. The Morgan fingerprint density at radius 1 is 1.24 bits per heavy atom. The van der Waals surface area contributed by atoms with Crippen LogP contribution < -0.4 is 5.32 Å². The maximum atomic E-state index is 12.5. The summed E-state index contributed by atoms with van der Waals surface area (Å²) in [5.74, 6) is 1.39. The predicted octanol–water partition coefficient (Wildman–Crippen LogP) is 3.56. The van der Waals surface area contributed by atoms with Gasteiger partial charge in [-0.05, 0) is 50.2 Å². The molecule has 0 saturated carbocycles. The van der Waals surface area contributed by atoms with Crippen molar-refractivity contribution < 1.29 is 13.6 Å². The summed E-state index contributed by atoms with van der Waals surface area (Å²) < 4.78 is 10.9. The summed E-state index contributed by atoms with van der Waals surface area (Å²) in [6.07, 6.45) is 5.64. The van der Waals surface area contributed by atoms with Gasteiger partial charge in [0.1, 0.15) is 11.5 Å². The standard InChI is InChI=1S/C18H19N3O3S/c22-17(13-12-25-18(20-13)16-6-4-10-24-16)19-11-14(15-5-3-9-23-15)21-7-1-2-8-21/h3-6,9-10,12,14H,1-2,7-8,11H2,(H,19,22)/t14-/m0/s1. The average Bonchev–Trinajstić information content (AvgIpc) is 3.43. The lowest BCUT2D eigenvalue weighted by Gasteiger charge is -2.25. The molecule has 7 heteroatoms. The minimum atomic E-state index is -0.176. The maximum Gasteiger partial charge on any atom is 0.270 e. The number of likely N-dealkylation sites (tertiary alicyclic amines) is 1. The molecule has 6 nitrogen and oxygen atoms in total. The summed E-state index contributed by atoms with van der Waals surface area (Å²) in [7, 11) is 0. The van der Waals surface area contributed by atoms with Crippen LogP contribution >= 0.6 is 11.3 Å². The van der Waals surface area contributed by atoms with Gasteiger partial charge in [-0.15, -0.1) is 11.3 Å². The Morgan fingerprint density at radius 2 is 2.04 bits per heavy atom. The molecule has 0 bridgehead atoms. The number of carbonyl (C=O) groups is 1. The quantitative estimate of drug-likeness (QED) is 0.730. The molecule has 1 amide bonds. The highest BCUT2D eigenvalue weighted by molar-refractivity contribution is 7.13. The molecule has 3 aromatic heterocycles. The predicted molar refractivity (Wildman–Crippen MR) is 94.4 cm³/mol. The molecule has 4 heterocycles. The fraction of sp³-hybridized carbons (Fsp3) is 0.333. The van der Waals surface area contributed by atoms with Crippen LogP contribution in [0.1, 0.15) is 35.1 Å². The number of nitrogens with one attached hydrogen (secondary N) is 1. The first-order valence-corrected chi connectivity index (χ1v) is 9.24. The first kappa shape index (κ1) is 16.1. The van der Waals surface area contributed by atoms with Gasteiger partial charge in [0, 0.05) is 11.9 Å². The Kier molecular flexibility index (Phi) is 4.67. The molecule has 1 saturated heterocycles. The first-order chi connectivity index (χ1) is 12.3. The zero-order valence-corrected chi connectivity index (χ0v) is 14.5. The number of thiazole rings is 1. The monoisotopic (exact) mass is 357 g/mol. The van der Waals surface area contributed by atoms with Crippen molar-refractivity contribution in [1.82, 2.24) is 15.2 Å². The van der Waals surface area contributed by atoms with Crippen molar-refractivity contribution in [2.24, 2.45) is 0 Å². The molecule has 25 heavy (non-hydrogen) atoms. The van der Waals surface area contributed by atoms with E-state index in [1.54, 1.807) is 24.0 Å². The Bertz CT molecular complexity index is 805. The summed E-state index contributed by atoms with van der Waals surface area (Å²) in [6.45, 7) is 2.56. The van der Waals surface area contributed by atoms with Crippen LogP contribution in [-0.4, -0.2) is 35.4 Å². The van der Waals surface area contributed by atoms with E-state index in [-0.39, 0.29) is 11.9 Å². The lowest BCUT2D eigenvalue weighted by Crippen LogP contribution is -2.36. The van der Waals surface area contributed by atoms with Gasteiger partial charge in [0.25, 0.3) is 5.91 Å². The summed E-state index contributed by atoms with van der Waals surface area (Å²) in [5.41, 5.74) is 0.413. The fourth-order valence-electron chi connectivity index (χ4n) is 3.12. The lowest BCUT2D eigenvalue weighted by atomic mass is 10.2. The van der Waals surface area contributed by atoms with Gasteiger partial charge in [-0.1, -0.05) is 0 Å². The van der Waals surface area contributed by atoms with Crippen molar-refractivity contribution in [3.05, 3.63) is 53.6 Å². The molecule has 1 fully saturated rings. The largest absolute Gasteiger partial charge is 0.468 e. The van der Waals surface area contributed by atoms with Crippen molar-refractivity contribution in [3.8, 4) is 10.8 Å². The molecule has 130 valence electrons. The summed E-state index contributed by atoms with van der Waals surface area (Å²) in [6, 6.07) is 7.55. The number of furan rings is 2. The molecule has 4 rings (SSSR count). The summed E-state index contributed by atoms with van der Waals surface area (Å²) in [4.78, 5) is 19.2. The molecule has 0 aromatic carbocycles. The molecular formula is C18H19N3O3S. The van der Waals surface area contributed by atoms with Gasteiger partial charge in [-0.3, -0.25) is 9.69 Å². The Labute approximate surface area is 149 Å². The second kappa shape index (κ2) is 7.25. The average molecular weight is 357 g/mol. The molecule has 1 aliphatic rings. The third-order valence-corrected chi connectivity index (χ3v) is 5.23. The van der Waals surface area contributed by atoms with Gasteiger partial charge in [-0.2, -0.15) is 0 Å². The van der Waals surface area contributed by atoms with Crippen LogP contribution in [0.15, 0.2) is 51.0 Å². The highest BCUT2D eigenvalue weighted by atomic mass is 32.1. The van der Waals surface area contributed by atoms with Crippen molar-refractivity contribution in [1.29, 1.82) is 0 Å². The number of hydrogen-bond donors (Lipinski definition) is 1. The molecule has 3 aromatic rings. The van der Waals surface area contributed by atoms with Gasteiger partial charge in [-0.25, -0.2) is 4.98 Å². The Balaban J connectivity index is 1.43. The topological polar surface area (TPSA) is 71.5 Å². The molecule has 0 spiro atoms. The molecule has 0 aliphatic carbocycles. The summed E-state index contributed by atoms with van der Waals surface area (Å²) in [5, 5.41) is 5.46.